The zero-order valence-corrected chi connectivity index (χ0v) is 11.0. The molecule has 4 heteroatoms. The van der Waals surface area contributed by atoms with Gasteiger partial charge < -0.3 is 11.1 Å². The Morgan fingerprint density at radius 2 is 1.95 bits per heavy atom. The zero-order valence-electron chi connectivity index (χ0n) is 11.0. The van der Waals surface area contributed by atoms with Gasteiger partial charge in [-0.1, -0.05) is 17.7 Å². The van der Waals surface area contributed by atoms with Gasteiger partial charge >= 0.3 is 0 Å². The smallest absolute Gasteiger partial charge is 0.0672 e. The van der Waals surface area contributed by atoms with Crippen LogP contribution in [0.15, 0.2) is 36.5 Å². The molecule has 0 bridgehead atoms. The Kier molecular flexibility index (Phi) is 2.63. The van der Waals surface area contributed by atoms with Crippen molar-refractivity contribution in [2.75, 3.05) is 11.1 Å². The third-order valence-corrected chi connectivity index (χ3v) is 3.26. The SMILES string of the molecule is Cc1ccc(Nc2cc3[nH]ncc3cc2N)c(C)c1. The summed E-state index contributed by atoms with van der Waals surface area (Å²) in [4.78, 5) is 0. The molecule has 0 atom stereocenters. The Morgan fingerprint density at radius 1 is 1.11 bits per heavy atom. The molecule has 0 saturated carbocycles. The molecule has 0 unspecified atom stereocenters. The summed E-state index contributed by atoms with van der Waals surface area (Å²) < 4.78 is 0. The number of nitrogens with two attached hydrogens (primary N) is 1. The van der Waals surface area contributed by atoms with E-state index in [4.69, 9.17) is 5.73 Å². The van der Waals surface area contributed by atoms with E-state index in [1.54, 1.807) is 6.20 Å². The zero-order chi connectivity index (χ0) is 13.4. The Morgan fingerprint density at radius 3 is 2.74 bits per heavy atom. The molecule has 0 fully saturated rings. The van der Waals surface area contributed by atoms with Crippen molar-refractivity contribution in [2.45, 2.75) is 13.8 Å². The van der Waals surface area contributed by atoms with Gasteiger partial charge in [-0.2, -0.15) is 5.10 Å². The van der Waals surface area contributed by atoms with Crippen LogP contribution in [-0.2, 0) is 0 Å². The normalized spacial score (nSPS) is 10.8. The lowest BCUT2D eigenvalue weighted by Crippen LogP contribution is -1.98. The topological polar surface area (TPSA) is 66.7 Å². The Labute approximate surface area is 111 Å². The van der Waals surface area contributed by atoms with Crippen LogP contribution in [0.25, 0.3) is 10.9 Å². The van der Waals surface area contributed by atoms with Crippen molar-refractivity contribution in [2.24, 2.45) is 0 Å². The molecule has 0 amide bonds. The highest BCUT2D eigenvalue weighted by Crippen LogP contribution is 2.29. The maximum Gasteiger partial charge on any atom is 0.0672 e. The quantitative estimate of drug-likeness (QED) is 0.611. The van der Waals surface area contributed by atoms with Crippen molar-refractivity contribution in [3.05, 3.63) is 47.7 Å². The number of nitrogen functional groups attached to an aromatic ring is 1. The summed E-state index contributed by atoms with van der Waals surface area (Å²) in [7, 11) is 0. The number of nitrogens with zero attached hydrogens (tertiary/aromatic N) is 1. The van der Waals surface area contributed by atoms with Crippen LogP contribution in [0.4, 0.5) is 17.1 Å². The van der Waals surface area contributed by atoms with Gasteiger partial charge in [0.1, 0.15) is 0 Å². The van der Waals surface area contributed by atoms with E-state index in [0.29, 0.717) is 5.69 Å². The van der Waals surface area contributed by atoms with E-state index >= 15 is 0 Å². The number of aromatic amines is 1. The fraction of sp³-hybridized carbons (Fsp3) is 0.133. The van der Waals surface area contributed by atoms with Crippen LogP contribution >= 0.6 is 0 Å². The third-order valence-electron chi connectivity index (χ3n) is 3.26. The standard InChI is InChI=1S/C15H16N4/c1-9-3-4-13(10(2)5-9)18-15-7-14-11(6-12(15)16)8-17-19-14/h3-8,18H,16H2,1-2H3,(H,17,19). The lowest BCUT2D eigenvalue weighted by molar-refractivity contribution is 1.12. The largest absolute Gasteiger partial charge is 0.397 e. The van der Waals surface area contributed by atoms with Gasteiger partial charge in [0, 0.05) is 11.1 Å². The molecule has 2 aromatic carbocycles. The Hall–Kier alpha value is -2.49. The molecule has 0 aliphatic rings. The Bertz CT molecular complexity index is 743. The average molecular weight is 252 g/mol. The second-order valence-electron chi connectivity index (χ2n) is 4.84. The van der Waals surface area contributed by atoms with Gasteiger partial charge in [0.25, 0.3) is 0 Å². The first-order chi connectivity index (χ1) is 9.13. The molecule has 0 spiro atoms. The van der Waals surface area contributed by atoms with Crippen LogP contribution in [0.3, 0.4) is 0 Å². The number of rotatable bonds is 2. The molecular weight excluding hydrogens is 236 g/mol. The van der Waals surface area contributed by atoms with Gasteiger partial charge in [-0.15, -0.1) is 0 Å². The first-order valence-electron chi connectivity index (χ1n) is 6.20. The van der Waals surface area contributed by atoms with Crippen molar-refractivity contribution >= 4 is 28.0 Å². The summed E-state index contributed by atoms with van der Waals surface area (Å²) in [5.41, 5.74) is 12.2. The minimum absolute atomic E-state index is 0.717. The van der Waals surface area contributed by atoms with Crippen molar-refractivity contribution in [3.8, 4) is 0 Å². The molecule has 0 saturated heterocycles. The lowest BCUT2D eigenvalue weighted by Gasteiger charge is -2.12. The molecule has 4 N–H and O–H groups in total. The van der Waals surface area contributed by atoms with Gasteiger partial charge in [0.05, 0.1) is 23.1 Å². The number of benzene rings is 2. The molecule has 1 aromatic heterocycles. The summed E-state index contributed by atoms with van der Waals surface area (Å²) in [6.07, 6.45) is 1.77. The molecule has 0 radical (unpaired) electrons. The van der Waals surface area contributed by atoms with Crippen LogP contribution in [0.5, 0.6) is 0 Å². The van der Waals surface area contributed by atoms with Gasteiger partial charge in [-0.25, -0.2) is 0 Å². The van der Waals surface area contributed by atoms with E-state index in [1.165, 1.54) is 11.1 Å². The van der Waals surface area contributed by atoms with Gasteiger partial charge in [-0.05, 0) is 37.6 Å². The van der Waals surface area contributed by atoms with Crippen molar-refractivity contribution < 1.29 is 0 Å². The second kappa shape index (κ2) is 4.31. The average Bonchev–Trinajstić information content (AvgIpc) is 2.80. The van der Waals surface area contributed by atoms with Gasteiger partial charge in [-0.3, -0.25) is 5.10 Å². The molecule has 1 heterocycles. The number of nitrogens with one attached hydrogen (secondary N) is 2. The van der Waals surface area contributed by atoms with E-state index in [-0.39, 0.29) is 0 Å². The molecule has 0 aliphatic heterocycles. The predicted octanol–water partition coefficient (Wildman–Crippen LogP) is 3.51. The molecule has 3 rings (SSSR count). The van der Waals surface area contributed by atoms with Crippen molar-refractivity contribution in [3.63, 3.8) is 0 Å². The Balaban J connectivity index is 2.02. The van der Waals surface area contributed by atoms with E-state index in [2.05, 4.69) is 47.6 Å². The fourth-order valence-electron chi connectivity index (χ4n) is 2.22. The molecule has 96 valence electrons. The van der Waals surface area contributed by atoms with Gasteiger partial charge in [0.2, 0.25) is 0 Å². The van der Waals surface area contributed by atoms with E-state index in [1.807, 2.05) is 12.1 Å². The van der Waals surface area contributed by atoms with E-state index < -0.39 is 0 Å². The summed E-state index contributed by atoms with van der Waals surface area (Å²) in [5, 5.41) is 11.4. The fourth-order valence-corrected chi connectivity index (χ4v) is 2.22. The van der Waals surface area contributed by atoms with E-state index in [9.17, 15) is 0 Å². The molecule has 4 nitrogen and oxygen atoms in total. The minimum atomic E-state index is 0.717. The maximum absolute atomic E-state index is 6.07. The van der Waals surface area contributed by atoms with Crippen LogP contribution in [0.1, 0.15) is 11.1 Å². The molecule has 19 heavy (non-hydrogen) atoms. The minimum Gasteiger partial charge on any atom is -0.397 e. The van der Waals surface area contributed by atoms with E-state index in [0.717, 1.165) is 22.3 Å². The highest BCUT2D eigenvalue weighted by molar-refractivity contribution is 5.90. The monoisotopic (exact) mass is 252 g/mol. The van der Waals surface area contributed by atoms with Crippen LogP contribution in [0, 0.1) is 13.8 Å². The number of H-pyrrole nitrogens is 1. The lowest BCUT2D eigenvalue weighted by atomic mass is 10.1. The summed E-state index contributed by atoms with van der Waals surface area (Å²) in [6.45, 7) is 4.17. The van der Waals surface area contributed by atoms with Crippen LogP contribution in [0.2, 0.25) is 0 Å². The maximum atomic E-state index is 6.07. The summed E-state index contributed by atoms with van der Waals surface area (Å²) >= 11 is 0. The van der Waals surface area contributed by atoms with Crippen molar-refractivity contribution in [1.29, 1.82) is 0 Å². The molecule has 0 aliphatic carbocycles. The highest BCUT2D eigenvalue weighted by Gasteiger charge is 2.05. The number of hydrogen-bond donors (Lipinski definition) is 3. The van der Waals surface area contributed by atoms with Gasteiger partial charge in [0.15, 0.2) is 0 Å². The molecular formula is C15H16N4. The molecule has 3 aromatic rings. The summed E-state index contributed by atoms with van der Waals surface area (Å²) in [5.74, 6) is 0. The first-order valence-corrected chi connectivity index (χ1v) is 6.20. The van der Waals surface area contributed by atoms with Crippen molar-refractivity contribution in [1.82, 2.24) is 10.2 Å². The van der Waals surface area contributed by atoms with Crippen LogP contribution in [-0.4, -0.2) is 10.2 Å². The number of hydrogen-bond acceptors (Lipinski definition) is 3. The second-order valence-corrected chi connectivity index (χ2v) is 4.84. The summed E-state index contributed by atoms with van der Waals surface area (Å²) in [6, 6.07) is 10.2. The number of aryl methyl sites for hydroxylation is 2. The van der Waals surface area contributed by atoms with Crippen LogP contribution < -0.4 is 11.1 Å². The number of anilines is 3. The number of fused-ring (bicyclic) bond motifs is 1. The third kappa shape index (κ3) is 2.12. The predicted molar refractivity (Wildman–Crippen MR) is 79.7 cm³/mol. The number of aromatic nitrogens is 2. The highest BCUT2D eigenvalue weighted by atomic mass is 15.1. The first kappa shape index (κ1) is 11.6.